The summed E-state index contributed by atoms with van der Waals surface area (Å²) in [6.07, 6.45) is 6.91. The summed E-state index contributed by atoms with van der Waals surface area (Å²) in [7, 11) is 0. The molecule has 2 aromatic carbocycles. The van der Waals surface area contributed by atoms with Crippen molar-refractivity contribution in [1.82, 2.24) is 14.8 Å². The van der Waals surface area contributed by atoms with Gasteiger partial charge in [0, 0.05) is 50.7 Å². The van der Waals surface area contributed by atoms with Crippen LogP contribution in [0.2, 0.25) is 0 Å². The van der Waals surface area contributed by atoms with Crippen molar-refractivity contribution in [3.63, 3.8) is 0 Å². The third-order valence-electron chi connectivity index (χ3n) is 6.29. The molecule has 172 valence electrons. The maximum absolute atomic E-state index is 12.9. The lowest BCUT2D eigenvalue weighted by molar-refractivity contribution is 0.0752. The van der Waals surface area contributed by atoms with Gasteiger partial charge >= 0.3 is 0 Å². The number of hydrogen-bond donors (Lipinski definition) is 0. The van der Waals surface area contributed by atoms with Crippen LogP contribution in [-0.2, 0) is 13.0 Å². The number of carbonyl (C=O) groups excluding carboxylic acids is 1. The van der Waals surface area contributed by atoms with E-state index in [1.54, 1.807) is 12.4 Å². The topological polar surface area (TPSA) is 45.7 Å². The van der Waals surface area contributed by atoms with E-state index >= 15 is 0 Å². The van der Waals surface area contributed by atoms with Crippen molar-refractivity contribution in [1.29, 1.82) is 0 Å². The average molecular weight is 444 g/mol. The number of hydrogen-bond acceptors (Lipinski definition) is 4. The molecule has 33 heavy (non-hydrogen) atoms. The van der Waals surface area contributed by atoms with E-state index in [0.29, 0.717) is 18.7 Å². The zero-order valence-electron chi connectivity index (χ0n) is 19.4. The van der Waals surface area contributed by atoms with Crippen LogP contribution >= 0.6 is 0 Å². The summed E-state index contributed by atoms with van der Waals surface area (Å²) in [5.41, 5.74) is 3.16. The Morgan fingerprint density at radius 3 is 2.33 bits per heavy atom. The molecule has 0 saturated carbocycles. The van der Waals surface area contributed by atoms with Gasteiger partial charge in [-0.15, -0.1) is 0 Å². The molecule has 1 amide bonds. The predicted octanol–water partition coefficient (Wildman–Crippen LogP) is 4.83. The van der Waals surface area contributed by atoms with Crippen LogP contribution in [0.3, 0.4) is 0 Å². The van der Waals surface area contributed by atoms with E-state index in [1.165, 1.54) is 5.56 Å². The number of amides is 1. The molecule has 1 aromatic heterocycles. The van der Waals surface area contributed by atoms with Crippen molar-refractivity contribution in [2.75, 3.05) is 26.2 Å². The van der Waals surface area contributed by atoms with E-state index in [4.69, 9.17) is 4.74 Å². The van der Waals surface area contributed by atoms with Gasteiger partial charge in [0.05, 0.1) is 0 Å². The van der Waals surface area contributed by atoms with Gasteiger partial charge in [-0.05, 0) is 73.7 Å². The molecule has 0 aliphatic carbocycles. The van der Waals surface area contributed by atoms with E-state index in [1.807, 2.05) is 48.2 Å². The van der Waals surface area contributed by atoms with Crippen LogP contribution < -0.4 is 4.74 Å². The molecular weight excluding hydrogens is 410 g/mol. The molecule has 1 aliphatic heterocycles. The fourth-order valence-corrected chi connectivity index (χ4v) is 4.27. The van der Waals surface area contributed by atoms with E-state index in [-0.39, 0.29) is 12.0 Å². The standard InChI is InChI=1S/C28H33N3O2/c1-2-31(22-24-12-17-29-18-13-24)28(32)25-8-10-26(11-9-25)33-27-15-20-30(21-16-27)19-14-23-6-4-3-5-7-23/h3-13,17-18,27H,2,14-16,19-22H2,1H3. The highest BCUT2D eigenvalue weighted by atomic mass is 16.5. The lowest BCUT2D eigenvalue weighted by atomic mass is 10.1. The first-order valence-electron chi connectivity index (χ1n) is 11.9. The Kier molecular flexibility index (Phi) is 8.09. The normalized spacial score (nSPS) is 14.7. The third kappa shape index (κ3) is 6.65. The van der Waals surface area contributed by atoms with E-state index in [9.17, 15) is 4.79 Å². The summed E-state index contributed by atoms with van der Waals surface area (Å²) in [5.74, 6) is 0.874. The second-order valence-electron chi connectivity index (χ2n) is 8.59. The zero-order chi connectivity index (χ0) is 22.9. The molecule has 0 atom stereocenters. The minimum Gasteiger partial charge on any atom is -0.490 e. The molecule has 1 fully saturated rings. The van der Waals surface area contributed by atoms with Crippen LogP contribution in [0.15, 0.2) is 79.1 Å². The van der Waals surface area contributed by atoms with E-state index < -0.39 is 0 Å². The van der Waals surface area contributed by atoms with Gasteiger partial charge in [-0.2, -0.15) is 0 Å². The van der Waals surface area contributed by atoms with Crippen molar-refractivity contribution in [2.24, 2.45) is 0 Å². The summed E-state index contributed by atoms with van der Waals surface area (Å²) < 4.78 is 6.23. The molecule has 1 aliphatic rings. The molecule has 0 radical (unpaired) electrons. The first-order valence-corrected chi connectivity index (χ1v) is 11.9. The molecule has 1 saturated heterocycles. The molecule has 4 rings (SSSR count). The summed E-state index contributed by atoms with van der Waals surface area (Å²) in [6.45, 7) is 6.47. The fraction of sp³-hybridized carbons (Fsp3) is 0.357. The van der Waals surface area contributed by atoms with Crippen molar-refractivity contribution >= 4 is 5.91 Å². The Morgan fingerprint density at radius 2 is 1.67 bits per heavy atom. The molecular formula is C28H33N3O2. The second kappa shape index (κ2) is 11.6. The van der Waals surface area contributed by atoms with Gasteiger partial charge in [-0.1, -0.05) is 30.3 Å². The minimum atomic E-state index is 0.0348. The van der Waals surface area contributed by atoms with Crippen LogP contribution in [0.5, 0.6) is 5.75 Å². The Bertz CT molecular complexity index is 985. The molecule has 0 bridgehead atoms. The number of nitrogens with zero attached hydrogens (tertiary/aromatic N) is 3. The number of piperidine rings is 1. The monoisotopic (exact) mass is 443 g/mol. The minimum absolute atomic E-state index is 0.0348. The van der Waals surface area contributed by atoms with Gasteiger partial charge in [-0.25, -0.2) is 0 Å². The highest BCUT2D eigenvalue weighted by molar-refractivity contribution is 5.94. The van der Waals surface area contributed by atoms with Crippen LogP contribution in [0.25, 0.3) is 0 Å². The van der Waals surface area contributed by atoms with Crippen molar-refractivity contribution in [3.8, 4) is 5.75 Å². The highest BCUT2D eigenvalue weighted by Crippen LogP contribution is 2.21. The largest absolute Gasteiger partial charge is 0.490 e. The lowest BCUT2D eigenvalue weighted by Gasteiger charge is -2.32. The first-order chi connectivity index (χ1) is 16.2. The average Bonchev–Trinajstić information content (AvgIpc) is 2.88. The Hall–Kier alpha value is -3.18. The summed E-state index contributed by atoms with van der Waals surface area (Å²) >= 11 is 0. The molecule has 0 unspecified atom stereocenters. The van der Waals surface area contributed by atoms with Gasteiger partial charge in [0.15, 0.2) is 0 Å². The zero-order valence-corrected chi connectivity index (χ0v) is 19.4. The fourth-order valence-electron chi connectivity index (χ4n) is 4.27. The SMILES string of the molecule is CCN(Cc1ccncc1)C(=O)c1ccc(OC2CCN(CCc3ccccc3)CC2)cc1. The Balaban J connectivity index is 1.24. The van der Waals surface area contributed by atoms with E-state index in [2.05, 4.69) is 40.2 Å². The van der Waals surface area contributed by atoms with Crippen molar-refractivity contribution in [3.05, 3.63) is 95.8 Å². The summed E-state index contributed by atoms with van der Waals surface area (Å²) in [4.78, 5) is 21.4. The van der Waals surface area contributed by atoms with Gasteiger partial charge in [0.1, 0.15) is 11.9 Å². The molecule has 5 heteroatoms. The number of likely N-dealkylation sites (tertiary alicyclic amines) is 1. The van der Waals surface area contributed by atoms with Gasteiger partial charge in [-0.3, -0.25) is 9.78 Å². The number of carbonyl (C=O) groups is 1. The quantitative estimate of drug-likeness (QED) is 0.475. The summed E-state index contributed by atoms with van der Waals surface area (Å²) in [6, 6.07) is 22.2. The van der Waals surface area contributed by atoms with Crippen LogP contribution in [0.1, 0.15) is 41.3 Å². The smallest absolute Gasteiger partial charge is 0.254 e. The number of benzene rings is 2. The molecule has 2 heterocycles. The molecule has 0 spiro atoms. The van der Waals surface area contributed by atoms with Gasteiger partial charge in [0.25, 0.3) is 5.91 Å². The maximum atomic E-state index is 12.9. The number of ether oxygens (including phenoxy) is 1. The maximum Gasteiger partial charge on any atom is 0.254 e. The first kappa shape index (κ1) is 23.0. The molecule has 3 aromatic rings. The second-order valence-corrected chi connectivity index (χ2v) is 8.59. The van der Waals surface area contributed by atoms with Crippen LogP contribution in [0, 0.1) is 0 Å². The summed E-state index contributed by atoms with van der Waals surface area (Å²) in [5, 5.41) is 0. The number of pyridine rings is 1. The van der Waals surface area contributed by atoms with Crippen molar-refractivity contribution in [2.45, 2.75) is 38.8 Å². The molecule has 0 N–H and O–H groups in total. The third-order valence-corrected chi connectivity index (χ3v) is 6.29. The molecule has 5 nitrogen and oxygen atoms in total. The predicted molar refractivity (Wildman–Crippen MR) is 131 cm³/mol. The van der Waals surface area contributed by atoms with Crippen LogP contribution in [0.4, 0.5) is 0 Å². The number of aromatic nitrogens is 1. The van der Waals surface area contributed by atoms with Gasteiger partial charge in [0.2, 0.25) is 0 Å². The Morgan fingerprint density at radius 1 is 0.970 bits per heavy atom. The highest BCUT2D eigenvalue weighted by Gasteiger charge is 2.21. The Labute approximate surface area is 197 Å². The number of rotatable bonds is 9. The lowest BCUT2D eigenvalue weighted by Crippen LogP contribution is -2.39. The van der Waals surface area contributed by atoms with E-state index in [0.717, 1.165) is 50.2 Å². The van der Waals surface area contributed by atoms with Crippen molar-refractivity contribution < 1.29 is 9.53 Å². The van der Waals surface area contributed by atoms with Crippen LogP contribution in [-0.4, -0.2) is 53.0 Å². The van der Waals surface area contributed by atoms with Gasteiger partial charge < -0.3 is 14.5 Å².